The van der Waals surface area contributed by atoms with Gasteiger partial charge in [0.2, 0.25) is 0 Å². The van der Waals surface area contributed by atoms with Gasteiger partial charge >= 0.3 is 51.4 Å². The topological polar surface area (TPSA) is 9.23 Å². The van der Waals surface area contributed by atoms with Crippen molar-refractivity contribution in [2.24, 2.45) is 0 Å². The van der Waals surface area contributed by atoms with Crippen LogP contribution in [0.25, 0.3) is 0 Å². The van der Waals surface area contributed by atoms with E-state index in [1.807, 2.05) is 0 Å². The standard InChI is InChI=1S/C14H24OSi.K.H/c1-12(2)14-8-6-13(7-9-14)10-11-15-16(3,4)5;;/h6-9,12H,10-11H2,1-5H3;;/q;+1;-1. The Balaban J connectivity index is 0. The summed E-state index contributed by atoms with van der Waals surface area (Å²) in [6.45, 7) is 12.0. The molecule has 0 heterocycles. The van der Waals surface area contributed by atoms with Crippen LogP contribution < -0.4 is 51.4 Å². The first kappa shape index (κ1) is 18.0. The summed E-state index contributed by atoms with van der Waals surface area (Å²) in [6.07, 6.45) is 1.03. The molecule has 0 saturated carbocycles. The van der Waals surface area contributed by atoms with Crippen LogP contribution >= 0.6 is 0 Å². The van der Waals surface area contributed by atoms with Crippen LogP contribution in [0, 0.1) is 0 Å². The first-order chi connectivity index (χ1) is 7.38. The summed E-state index contributed by atoms with van der Waals surface area (Å²) in [7, 11) is -1.34. The van der Waals surface area contributed by atoms with Crippen LogP contribution in [0.2, 0.25) is 19.6 Å². The number of hydrogen-bond donors (Lipinski definition) is 0. The largest absolute Gasteiger partial charge is 1.00 e. The van der Waals surface area contributed by atoms with E-state index >= 15 is 0 Å². The van der Waals surface area contributed by atoms with E-state index in [1.165, 1.54) is 11.1 Å². The molecule has 0 aliphatic carbocycles. The van der Waals surface area contributed by atoms with Gasteiger partial charge in [-0.2, -0.15) is 0 Å². The van der Waals surface area contributed by atoms with E-state index in [9.17, 15) is 0 Å². The Hall–Kier alpha value is 1.03. The minimum atomic E-state index is -1.34. The van der Waals surface area contributed by atoms with Crippen LogP contribution in [0.1, 0.15) is 32.3 Å². The normalized spacial score (nSPS) is 11.4. The van der Waals surface area contributed by atoms with Crippen molar-refractivity contribution in [2.45, 2.75) is 45.8 Å². The molecule has 0 fully saturated rings. The van der Waals surface area contributed by atoms with Crippen LogP contribution in [0.3, 0.4) is 0 Å². The van der Waals surface area contributed by atoms with Gasteiger partial charge in [0, 0.05) is 6.61 Å². The van der Waals surface area contributed by atoms with Gasteiger partial charge in [-0.05, 0) is 43.1 Å². The van der Waals surface area contributed by atoms with Gasteiger partial charge in [-0.1, -0.05) is 38.1 Å². The van der Waals surface area contributed by atoms with E-state index in [4.69, 9.17) is 4.43 Å². The second-order valence-corrected chi connectivity index (χ2v) is 10.1. The number of benzene rings is 1. The molecule has 1 aromatic rings. The first-order valence-corrected chi connectivity index (χ1v) is 9.52. The van der Waals surface area contributed by atoms with Gasteiger partial charge in [0.1, 0.15) is 0 Å². The van der Waals surface area contributed by atoms with Gasteiger partial charge in [0.15, 0.2) is 8.32 Å². The smallest absolute Gasteiger partial charge is 1.00 e. The Kier molecular flexibility index (Phi) is 8.75. The third-order valence-electron chi connectivity index (χ3n) is 2.57. The average Bonchev–Trinajstić information content (AvgIpc) is 2.16. The molecule has 0 aromatic heterocycles. The van der Waals surface area contributed by atoms with Crippen molar-refractivity contribution in [2.75, 3.05) is 6.61 Å². The molecule has 0 spiro atoms. The van der Waals surface area contributed by atoms with Crippen molar-refractivity contribution in [3.63, 3.8) is 0 Å². The zero-order chi connectivity index (χ0) is 12.2. The molecule has 0 radical (unpaired) electrons. The molecule has 0 saturated heterocycles. The maximum Gasteiger partial charge on any atom is 1.00 e. The summed E-state index contributed by atoms with van der Waals surface area (Å²) in [5.41, 5.74) is 2.79. The monoisotopic (exact) mass is 276 g/mol. The van der Waals surface area contributed by atoms with E-state index in [0.29, 0.717) is 5.92 Å². The third kappa shape index (κ3) is 7.93. The average molecular weight is 277 g/mol. The summed E-state index contributed by atoms with van der Waals surface area (Å²) in [5, 5.41) is 0. The maximum atomic E-state index is 5.85. The van der Waals surface area contributed by atoms with E-state index in [1.54, 1.807) is 0 Å². The van der Waals surface area contributed by atoms with Gasteiger partial charge in [-0.25, -0.2) is 0 Å². The van der Waals surface area contributed by atoms with Crippen molar-refractivity contribution in [1.29, 1.82) is 0 Å². The van der Waals surface area contributed by atoms with Crippen molar-refractivity contribution in [3.05, 3.63) is 35.4 Å². The molecule has 0 aliphatic rings. The molecule has 17 heavy (non-hydrogen) atoms. The Bertz CT molecular complexity index is 320. The quantitative estimate of drug-likeness (QED) is 0.737. The van der Waals surface area contributed by atoms with Crippen molar-refractivity contribution in [3.8, 4) is 0 Å². The van der Waals surface area contributed by atoms with Crippen molar-refractivity contribution >= 4 is 8.32 Å². The SMILES string of the molecule is CC(C)c1ccc(CCO[Si](C)(C)C)cc1.[H-].[K+]. The second-order valence-electron chi connectivity index (χ2n) is 5.61. The van der Waals surface area contributed by atoms with Gasteiger partial charge in [0.05, 0.1) is 0 Å². The Morgan fingerprint density at radius 2 is 1.65 bits per heavy atom. The van der Waals surface area contributed by atoms with Crippen molar-refractivity contribution in [1.82, 2.24) is 0 Å². The van der Waals surface area contributed by atoms with Crippen LogP contribution in [-0.2, 0) is 10.8 Å². The first-order valence-electron chi connectivity index (χ1n) is 6.11. The summed E-state index contributed by atoms with van der Waals surface area (Å²) >= 11 is 0. The number of hydrogen-bond acceptors (Lipinski definition) is 1. The second kappa shape index (κ2) is 8.25. The summed E-state index contributed by atoms with van der Waals surface area (Å²) in [5.74, 6) is 0.618. The molecular weight excluding hydrogens is 251 g/mol. The van der Waals surface area contributed by atoms with E-state index in [-0.39, 0.29) is 52.8 Å². The zero-order valence-electron chi connectivity index (χ0n) is 13.2. The fraction of sp³-hybridized carbons (Fsp3) is 0.571. The van der Waals surface area contributed by atoms with E-state index < -0.39 is 8.32 Å². The molecular formula is C14H25KOSi. The molecule has 0 N–H and O–H groups in total. The minimum absolute atomic E-state index is 0. The van der Waals surface area contributed by atoms with Gasteiger partial charge in [-0.15, -0.1) is 0 Å². The molecule has 0 bridgehead atoms. The number of rotatable bonds is 5. The Morgan fingerprint density at radius 1 is 1.12 bits per heavy atom. The van der Waals surface area contributed by atoms with Gasteiger partial charge < -0.3 is 5.85 Å². The molecule has 92 valence electrons. The fourth-order valence-electron chi connectivity index (χ4n) is 1.54. The van der Waals surface area contributed by atoms with Crippen LogP contribution in [0.4, 0.5) is 0 Å². The molecule has 1 aromatic carbocycles. The molecule has 1 rings (SSSR count). The molecule has 1 nitrogen and oxygen atoms in total. The van der Waals surface area contributed by atoms with Gasteiger partial charge in [-0.3, -0.25) is 0 Å². The third-order valence-corrected chi connectivity index (χ3v) is 3.64. The van der Waals surface area contributed by atoms with Crippen LogP contribution in [-0.4, -0.2) is 14.9 Å². The Labute approximate surface area is 151 Å². The molecule has 0 unspecified atom stereocenters. The van der Waals surface area contributed by atoms with Crippen molar-refractivity contribution < 1.29 is 57.2 Å². The predicted octanol–water partition coefficient (Wildman–Crippen LogP) is 1.32. The minimum Gasteiger partial charge on any atom is -1.00 e. The Morgan fingerprint density at radius 3 is 2.06 bits per heavy atom. The summed E-state index contributed by atoms with van der Waals surface area (Å²) in [4.78, 5) is 0. The van der Waals surface area contributed by atoms with Gasteiger partial charge in [0.25, 0.3) is 0 Å². The summed E-state index contributed by atoms with van der Waals surface area (Å²) < 4.78 is 5.85. The fourth-order valence-corrected chi connectivity index (χ4v) is 2.26. The molecule has 0 amide bonds. The van der Waals surface area contributed by atoms with E-state index in [2.05, 4.69) is 57.8 Å². The predicted molar refractivity (Wildman–Crippen MR) is 74.6 cm³/mol. The molecule has 3 heteroatoms. The maximum absolute atomic E-state index is 5.85. The molecule has 0 aliphatic heterocycles. The van der Waals surface area contributed by atoms with Crippen LogP contribution in [0.5, 0.6) is 0 Å². The summed E-state index contributed by atoms with van der Waals surface area (Å²) in [6, 6.07) is 8.91. The molecule has 0 atom stereocenters. The van der Waals surface area contributed by atoms with E-state index in [0.717, 1.165) is 13.0 Å². The zero-order valence-corrected chi connectivity index (χ0v) is 16.3. The van der Waals surface area contributed by atoms with Crippen LogP contribution in [0.15, 0.2) is 24.3 Å².